The monoisotopic (exact) mass is 237 g/mol. The van der Waals surface area contributed by atoms with Crippen LogP contribution in [-0.4, -0.2) is 7.11 Å². The molecule has 0 aliphatic carbocycles. The third kappa shape index (κ3) is 2.03. The van der Waals surface area contributed by atoms with Gasteiger partial charge in [-0.25, -0.2) is 17.6 Å². The van der Waals surface area contributed by atoms with Gasteiger partial charge in [0.05, 0.1) is 12.2 Å². The van der Waals surface area contributed by atoms with E-state index < -0.39 is 47.0 Å². The van der Waals surface area contributed by atoms with E-state index in [4.69, 9.17) is 5.73 Å². The van der Waals surface area contributed by atoms with E-state index in [1.165, 1.54) is 6.92 Å². The summed E-state index contributed by atoms with van der Waals surface area (Å²) in [5, 5.41) is 0. The lowest BCUT2D eigenvalue weighted by Crippen LogP contribution is -2.16. The molecule has 90 valence electrons. The summed E-state index contributed by atoms with van der Waals surface area (Å²) in [6.45, 7) is 0.682. The number of halogens is 4. The zero-order valence-corrected chi connectivity index (χ0v) is 8.78. The van der Waals surface area contributed by atoms with Crippen LogP contribution in [0.3, 0.4) is 0 Å². The lowest BCUT2D eigenvalue weighted by atomic mass is 10.0. The van der Waals surface area contributed by atoms with E-state index >= 15 is 0 Å². The second-order valence-electron chi connectivity index (χ2n) is 3.37. The summed E-state index contributed by atoms with van der Waals surface area (Å²) in [5.41, 5.74) is 3.66. The van der Waals surface area contributed by atoms with Crippen LogP contribution in [0.2, 0.25) is 0 Å². The van der Waals surface area contributed by atoms with Crippen LogP contribution in [0.4, 0.5) is 17.6 Å². The Hall–Kier alpha value is -1.14. The van der Waals surface area contributed by atoms with Crippen LogP contribution in [0, 0.1) is 23.3 Å². The predicted molar refractivity (Wildman–Crippen MR) is 49.6 cm³/mol. The molecule has 0 bridgehead atoms. The van der Waals surface area contributed by atoms with Crippen molar-refractivity contribution in [1.29, 1.82) is 0 Å². The topological polar surface area (TPSA) is 35.2 Å². The van der Waals surface area contributed by atoms with Crippen molar-refractivity contribution >= 4 is 0 Å². The molecule has 16 heavy (non-hydrogen) atoms. The Morgan fingerprint density at radius 3 is 1.81 bits per heavy atom. The molecule has 2 nitrogen and oxygen atoms in total. The first kappa shape index (κ1) is 12.9. The molecule has 0 aliphatic rings. The molecule has 1 unspecified atom stereocenters. The first-order valence-electron chi connectivity index (χ1n) is 4.51. The fourth-order valence-electron chi connectivity index (χ4n) is 1.36. The highest BCUT2D eigenvalue weighted by Gasteiger charge is 2.26. The summed E-state index contributed by atoms with van der Waals surface area (Å²) in [6, 6.07) is -1.14. The molecule has 2 N–H and O–H groups in total. The molecular weight excluding hydrogens is 226 g/mol. The minimum atomic E-state index is -1.47. The van der Waals surface area contributed by atoms with Gasteiger partial charge < -0.3 is 10.5 Å². The van der Waals surface area contributed by atoms with Crippen LogP contribution < -0.4 is 5.73 Å². The molecule has 6 heteroatoms. The summed E-state index contributed by atoms with van der Waals surface area (Å²) in [6.07, 6.45) is 0. The standard InChI is InChI=1S/C10H11F4NO/c1-4(15)6-9(13)7(11)5(3-16-2)8(12)10(6)14/h4H,3,15H2,1-2H3. The highest BCUT2D eigenvalue weighted by Crippen LogP contribution is 2.27. The Bertz CT molecular complexity index is 377. The summed E-state index contributed by atoms with van der Waals surface area (Å²) in [7, 11) is 1.16. The van der Waals surface area contributed by atoms with Crippen molar-refractivity contribution in [2.75, 3.05) is 7.11 Å². The Morgan fingerprint density at radius 1 is 1.06 bits per heavy atom. The second kappa shape index (κ2) is 4.80. The van der Waals surface area contributed by atoms with E-state index in [1.807, 2.05) is 0 Å². The van der Waals surface area contributed by atoms with Crippen LogP contribution in [0.15, 0.2) is 0 Å². The van der Waals surface area contributed by atoms with Crippen LogP contribution >= 0.6 is 0 Å². The first-order valence-corrected chi connectivity index (χ1v) is 4.51. The van der Waals surface area contributed by atoms with E-state index in [-0.39, 0.29) is 0 Å². The maximum Gasteiger partial charge on any atom is 0.167 e. The van der Waals surface area contributed by atoms with Crippen molar-refractivity contribution < 1.29 is 22.3 Å². The maximum absolute atomic E-state index is 13.4. The molecule has 1 aromatic rings. The van der Waals surface area contributed by atoms with E-state index in [0.29, 0.717) is 0 Å². The molecule has 0 fully saturated rings. The molecular formula is C10H11F4NO. The van der Waals surface area contributed by atoms with E-state index in [1.54, 1.807) is 0 Å². The zero-order valence-electron chi connectivity index (χ0n) is 8.78. The number of benzene rings is 1. The average Bonchev–Trinajstić information content (AvgIpc) is 2.21. The summed E-state index contributed by atoms with van der Waals surface area (Å²) >= 11 is 0. The van der Waals surface area contributed by atoms with Crippen LogP contribution in [0.5, 0.6) is 0 Å². The summed E-state index contributed by atoms with van der Waals surface area (Å²) in [4.78, 5) is 0. The number of rotatable bonds is 3. The van der Waals surface area contributed by atoms with Gasteiger partial charge in [0, 0.05) is 18.7 Å². The first-order chi connectivity index (χ1) is 7.41. The van der Waals surface area contributed by atoms with E-state index in [2.05, 4.69) is 4.74 Å². The molecule has 0 aliphatic heterocycles. The molecule has 1 rings (SSSR count). The van der Waals surface area contributed by atoms with E-state index in [9.17, 15) is 17.6 Å². The minimum absolute atomic E-state index is 0.551. The van der Waals surface area contributed by atoms with Crippen molar-refractivity contribution in [1.82, 2.24) is 0 Å². The highest BCUT2D eigenvalue weighted by molar-refractivity contribution is 5.31. The van der Waals surface area contributed by atoms with Crippen molar-refractivity contribution in [2.45, 2.75) is 19.6 Å². The molecule has 0 aromatic heterocycles. The molecule has 0 saturated carbocycles. The average molecular weight is 237 g/mol. The SMILES string of the molecule is COCc1c(F)c(F)c(C(C)N)c(F)c1F. The number of hydrogen-bond acceptors (Lipinski definition) is 2. The van der Waals surface area contributed by atoms with Crippen molar-refractivity contribution in [3.8, 4) is 0 Å². The summed E-state index contributed by atoms with van der Waals surface area (Å²) < 4.78 is 57.8. The third-order valence-electron chi connectivity index (χ3n) is 2.13. The molecule has 0 saturated heterocycles. The normalized spacial score (nSPS) is 12.9. The van der Waals surface area contributed by atoms with Gasteiger partial charge in [-0.1, -0.05) is 0 Å². The van der Waals surface area contributed by atoms with Crippen molar-refractivity contribution in [3.05, 3.63) is 34.4 Å². The van der Waals surface area contributed by atoms with Gasteiger partial charge in [-0.05, 0) is 6.92 Å². The Kier molecular flexibility index (Phi) is 3.88. The number of nitrogens with two attached hydrogens (primary N) is 1. The second-order valence-corrected chi connectivity index (χ2v) is 3.37. The van der Waals surface area contributed by atoms with Gasteiger partial charge in [0.25, 0.3) is 0 Å². The van der Waals surface area contributed by atoms with Crippen LogP contribution in [0.1, 0.15) is 24.1 Å². The van der Waals surface area contributed by atoms with Crippen molar-refractivity contribution in [2.24, 2.45) is 5.73 Å². The Balaban J connectivity index is 3.50. The van der Waals surface area contributed by atoms with Crippen molar-refractivity contribution in [3.63, 3.8) is 0 Å². The fraction of sp³-hybridized carbons (Fsp3) is 0.400. The van der Waals surface area contributed by atoms with Gasteiger partial charge >= 0.3 is 0 Å². The number of methoxy groups -OCH3 is 1. The molecule has 1 aromatic carbocycles. The Morgan fingerprint density at radius 2 is 1.50 bits per heavy atom. The van der Waals surface area contributed by atoms with Gasteiger partial charge in [0.15, 0.2) is 23.3 Å². The largest absolute Gasteiger partial charge is 0.380 e. The molecule has 0 amide bonds. The lowest BCUT2D eigenvalue weighted by molar-refractivity contribution is 0.175. The summed E-state index contributed by atoms with van der Waals surface area (Å²) in [5.74, 6) is -5.87. The van der Waals surface area contributed by atoms with Gasteiger partial charge in [-0.2, -0.15) is 0 Å². The van der Waals surface area contributed by atoms with E-state index in [0.717, 1.165) is 7.11 Å². The molecule has 0 spiro atoms. The predicted octanol–water partition coefficient (Wildman–Crippen LogP) is 2.41. The number of hydrogen-bond donors (Lipinski definition) is 1. The number of ether oxygens (including phenoxy) is 1. The minimum Gasteiger partial charge on any atom is -0.380 e. The quantitative estimate of drug-likeness (QED) is 0.647. The third-order valence-corrected chi connectivity index (χ3v) is 2.13. The maximum atomic E-state index is 13.4. The van der Waals surface area contributed by atoms with Crippen LogP contribution in [0.25, 0.3) is 0 Å². The van der Waals surface area contributed by atoms with Gasteiger partial charge in [-0.3, -0.25) is 0 Å². The van der Waals surface area contributed by atoms with Gasteiger partial charge in [0.1, 0.15) is 0 Å². The lowest BCUT2D eigenvalue weighted by Gasteiger charge is -2.13. The fourth-order valence-corrected chi connectivity index (χ4v) is 1.36. The smallest absolute Gasteiger partial charge is 0.167 e. The van der Waals surface area contributed by atoms with Gasteiger partial charge in [0.2, 0.25) is 0 Å². The molecule has 0 radical (unpaired) electrons. The van der Waals surface area contributed by atoms with Crippen LogP contribution in [-0.2, 0) is 11.3 Å². The zero-order chi connectivity index (χ0) is 12.5. The molecule has 1 atom stereocenters. The highest BCUT2D eigenvalue weighted by atomic mass is 19.2. The Labute approximate surface area is 90.0 Å². The molecule has 0 heterocycles. The van der Waals surface area contributed by atoms with Gasteiger partial charge in [-0.15, -0.1) is 0 Å².